The van der Waals surface area contributed by atoms with E-state index in [1.807, 2.05) is 0 Å². The van der Waals surface area contributed by atoms with Gasteiger partial charge in [0.25, 0.3) is 0 Å². The van der Waals surface area contributed by atoms with Crippen molar-refractivity contribution < 1.29 is 4.79 Å². The lowest BCUT2D eigenvalue weighted by atomic mass is 9.78. The molecule has 0 aliphatic carbocycles. The fourth-order valence-corrected chi connectivity index (χ4v) is 4.00. The largest absolute Gasteiger partial charge is 0.342 e. The molecule has 2 saturated heterocycles. The molecule has 2 heterocycles. The van der Waals surface area contributed by atoms with E-state index in [4.69, 9.17) is 0 Å². The molecular weight excluding hydrogens is 284 g/mol. The third-order valence-electron chi connectivity index (χ3n) is 5.90. The fourth-order valence-electron chi connectivity index (χ4n) is 4.00. The quantitative estimate of drug-likeness (QED) is 0.852. The van der Waals surface area contributed by atoms with E-state index in [-0.39, 0.29) is 0 Å². The molecule has 3 rings (SSSR count). The number of rotatable bonds is 4. The molecule has 1 amide bonds. The molecule has 0 saturated carbocycles. The van der Waals surface area contributed by atoms with Crippen LogP contribution in [-0.2, 0) is 17.6 Å². The van der Waals surface area contributed by atoms with Crippen molar-refractivity contribution in [3.05, 3.63) is 35.4 Å². The van der Waals surface area contributed by atoms with E-state index in [2.05, 4.69) is 48.0 Å². The standard InChI is InChI=1S/C20H30N2O/c1-3-17-4-6-18(7-5-17)8-9-19(23)22-15-12-20(16-22)10-13-21(2)14-11-20/h4-7H,3,8-16H2,1-2H3. The lowest BCUT2D eigenvalue weighted by molar-refractivity contribution is -0.130. The first-order chi connectivity index (χ1) is 11.1. The minimum atomic E-state index is 0.348. The number of benzene rings is 1. The van der Waals surface area contributed by atoms with Crippen molar-refractivity contribution in [2.24, 2.45) is 5.41 Å². The summed E-state index contributed by atoms with van der Waals surface area (Å²) in [5.41, 5.74) is 3.07. The van der Waals surface area contributed by atoms with Crippen molar-refractivity contribution in [1.82, 2.24) is 9.80 Å². The van der Waals surface area contributed by atoms with Gasteiger partial charge in [-0.15, -0.1) is 0 Å². The topological polar surface area (TPSA) is 23.6 Å². The molecule has 0 N–H and O–H groups in total. The summed E-state index contributed by atoms with van der Waals surface area (Å²) in [5.74, 6) is 0.348. The Morgan fingerprint density at radius 3 is 2.30 bits per heavy atom. The molecule has 3 heteroatoms. The molecule has 1 aromatic carbocycles. The molecular formula is C20H30N2O. The van der Waals surface area contributed by atoms with Gasteiger partial charge in [0.2, 0.25) is 5.91 Å². The van der Waals surface area contributed by atoms with Gasteiger partial charge in [-0.1, -0.05) is 31.2 Å². The van der Waals surface area contributed by atoms with Gasteiger partial charge in [0.15, 0.2) is 0 Å². The van der Waals surface area contributed by atoms with E-state index in [1.54, 1.807) is 0 Å². The molecule has 23 heavy (non-hydrogen) atoms. The Kier molecular flexibility index (Phi) is 5.05. The van der Waals surface area contributed by atoms with Gasteiger partial charge in [-0.05, 0) is 68.8 Å². The van der Waals surface area contributed by atoms with Gasteiger partial charge < -0.3 is 9.80 Å². The van der Waals surface area contributed by atoms with E-state index in [9.17, 15) is 4.79 Å². The molecule has 1 aromatic rings. The molecule has 2 aliphatic rings. The van der Waals surface area contributed by atoms with E-state index in [0.29, 0.717) is 17.7 Å². The summed E-state index contributed by atoms with van der Waals surface area (Å²) in [6.07, 6.45) is 6.32. The van der Waals surface area contributed by atoms with Crippen LogP contribution in [0.4, 0.5) is 0 Å². The summed E-state index contributed by atoms with van der Waals surface area (Å²) in [6, 6.07) is 8.72. The number of hydrogen-bond acceptors (Lipinski definition) is 2. The lowest BCUT2D eigenvalue weighted by Crippen LogP contribution is -2.40. The van der Waals surface area contributed by atoms with Crippen molar-refractivity contribution in [1.29, 1.82) is 0 Å². The number of aryl methyl sites for hydroxylation is 2. The third kappa shape index (κ3) is 3.95. The van der Waals surface area contributed by atoms with Crippen molar-refractivity contribution in [2.75, 3.05) is 33.2 Å². The number of piperidine rings is 1. The zero-order chi connectivity index (χ0) is 16.3. The highest BCUT2D eigenvalue weighted by molar-refractivity contribution is 5.76. The van der Waals surface area contributed by atoms with E-state index in [0.717, 1.165) is 25.9 Å². The molecule has 1 spiro atoms. The second-order valence-corrected chi connectivity index (χ2v) is 7.54. The normalized spacial score (nSPS) is 21.0. The van der Waals surface area contributed by atoms with Crippen LogP contribution in [0.2, 0.25) is 0 Å². The van der Waals surface area contributed by atoms with Crippen molar-refractivity contribution in [3.8, 4) is 0 Å². The molecule has 0 aromatic heterocycles. The van der Waals surface area contributed by atoms with Gasteiger partial charge in [0.1, 0.15) is 0 Å². The summed E-state index contributed by atoms with van der Waals surface area (Å²) in [7, 11) is 2.20. The molecule has 0 unspecified atom stereocenters. The SMILES string of the molecule is CCc1ccc(CCC(=O)N2CCC3(CCN(C)CC3)C2)cc1. The van der Waals surface area contributed by atoms with Crippen LogP contribution in [0, 0.1) is 5.41 Å². The predicted molar refractivity (Wildman–Crippen MR) is 94.5 cm³/mol. The minimum Gasteiger partial charge on any atom is -0.342 e. The van der Waals surface area contributed by atoms with Gasteiger partial charge in [-0.3, -0.25) is 4.79 Å². The number of likely N-dealkylation sites (tertiary alicyclic amines) is 2. The second kappa shape index (κ2) is 7.04. The van der Waals surface area contributed by atoms with Crippen LogP contribution in [-0.4, -0.2) is 48.9 Å². The maximum atomic E-state index is 12.5. The highest BCUT2D eigenvalue weighted by atomic mass is 16.2. The Morgan fingerprint density at radius 1 is 1.04 bits per heavy atom. The Morgan fingerprint density at radius 2 is 1.65 bits per heavy atom. The van der Waals surface area contributed by atoms with Gasteiger partial charge in [0, 0.05) is 19.5 Å². The molecule has 0 atom stereocenters. The molecule has 3 nitrogen and oxygen atoms in total. The highest BCUT2D eigenvalue weighted by Crippen LogP contribution is 2.40. The first kappa shape index (κ1) is 16.5. The smallest absolute Gasteiger partial charge is 0.222 e. The molecule has 0 radical (unpaired) electrons. The maximum absolute atomic E-state index is 12.5. The number of nitrogens with zero attached hydrogens (tertiary/aromatic N) is 2. The van der Waals surface area contributed by atoms with Crippen LogP contribution in [0.15, 0.2) is 24.3 Å². The Balaban J connectivity index is 1.49. The summed E-state index contributed by atoms with van der Waals surface area (Å²) in [6.45, 7) is 6.51. The number of hydrogen-bond donors (Lipinski definition) is 0. The summed E-state index contributed by atoms with van der Waals surface area (Å²) >= 11 is 0. The van der Waals surface area contributed by atoms with Crippen LogP contribution in [0.3, 0.4) is 0 Å². The van der Waals surface area contributed by atoms with Crippen LogP contribution in [0.1, 0.15) is 43.7 Å². The monoisotopic (exact) mass is 314 g/mol. The Bertz CT molecular complexity index is 529. The van der Waals surface area contributed by atoms with E-state index >= 15 is 0 Å². The van der Waals surface area contributed by atoms with E-state index < -0.39 is 0 Å². The average Bonchev–Trinajstić information content (AvgIpc) is 3.00. The zero-order valence-corrected chi connectivity index (χ0v) is 14.7. The number of carbonyl (C=O) groups excluding carboxylic acids is 1. The van der Waals surface area contributed by atoms with Crippen LogP contribution >= 0.6 is 0 Å². The van der Waals surface area contributed by atoms with Crippen molar-refractivity contribution >= 4 is 5.91 Å². The average molecular weight is 314 g/mol. The molecule has 0 bridgehead atoms. The molecule has 2 aliphatic heterocycles. The van der Waals surface area contributed by atoms with Gasteiger partial charge >= 0.3 is 0 Å². The van der Waals surface area contributed by atoms with Crippen LogP contribution < -0.4 is 0 Å². The minimum absolute atomic E-state index is 0.348. The maximum Gasteiger partial charge on any atom is 0.222 e. The van der Waals surface area contributed by atoms with Crippen LogP contribution in [0.5, 0.6) is 0 Å². The summed E-state index contributed by atoms with van der Waals surface area (Å²) < 4.78 is 0. The first-order valence-electron chi connectivity index (χ1n) is 9.14. The van der Waals surface area contributed by atoms with Crippen LogP contribution in [0.25, 0.3) is 0 Å². The second-order valence-electron chi connectivity index (χ2n) is 7.54. The zero-order valence-electron chi connectivity index (χ0n) is 14.7. The van der Waals surface area contributed by atoms with Crippen molar-refractivity contribution in [3.63, 3.8) is 0 Å². The Hall–Kier alpha value is -1.35. The summed E-state index contributed by atoms with van der Waals surface area (Å²) in [5, 5.41) is 0. The summed E-state index contributed by atoms with van der Waals surface area (Å²) in [4.78, 5) is 17.1. The molecule has 2 fully saturated rings. The van der Waals surface area contributed by atoms with Gasteiger partial charge in [-0.25, -0.2) is 0 Å². The third-order valence-corrected chi connectivity index (χ3v) is 5.90. The highest BCUT2D eigenvalue weighted by Gasteiger charge is 2.41. The van der Waals surface area contributed by atoms with E-state index in [1.165, 1.54) is 43.5 Å². The van der Waals surface area contributed by atoms with Gasteiger partial charge in [0.05, 0.1) is 0 Å². The fraction of sp³-hybridized carbons (Fsp3) is 0.650. The van der Waals surface area contributed by atoms with Gasteiger partial charge in [-0.2, -0.15) is 0 Å². The van der Waals surface area contributed by atoms with Crippen molar-refractivity contribution in [2.45, 2.75) is 45.4 Å². The first-order valence-corrected chi connectivity index (χ1v) is 9.14. The predicted octanol–water partition coefficient (Wildman–Crippen LogP) is 3.13. The number of amides is 1. The lowest BCUT2D eigenvalue weighted by Gasteiger charge is -2.37. The Labute approximate surface area is 140 Å². The molecule has 126 valence electrons. The number of carbonyl (C=O) groups is 1.